The van der Waals surface area contributed by atoms with E-state index in [9.17, 15) is 17.6 Å². The molecule has 0 saturated carbocycles. The SMILES string of the molecule is NS(=O)(=O)c1cccc(NC(=O)COc2cccc(F)c2)c1. The zero-order valence-electron chi connectivity index (χ0n) is 11.3. The molecule has 0 atom stereocenters. The number of nitrogens with two attached hydrogens (primary N) is 1. The third-order valence-electron chi connectivity index (χ3n) is 2.61. The molecule has 0 bridgehead atoms. The molecule has 0 aliphatic carbocycles. The van der Waals surface area contributed by atoms with Gasteiger partial charge in [-0.2, -0.15) is 0 Å². The molecule has 6 nitrogen and oxygen atoms in total. The minimum absolute atomic E-state index is 0.114. The maximum atomic E-state index is 12.9. The number of benzene rings is 2. The number of hydrogen-bond acceptors (Lipinski definition) is 4. The number of halogens is 1. The van der Waals surface area contributed by atoms with E-state index >= 15 is 0 Å². The van der Waals surface area contributed by atoms with E-state index in [1.165, 1.54) is 42.5 Å². The highest BCUT2D eigenvalue weighted by atomic mass is 32.2. The Morgan fingerprint density at radius 1 is 1.18 bits per heavy atom. The summed E-state index contributed by atoms with van der Waals surface area (Å²) >= 11 is 0. The molecule has 2 rings (SSSR count). The summed E-state index contributed by atoms with van der Waals surface area (Å²) in [6, 6.07) is 10.9. The number of hydrogen-bond donors (Lipinski definition) is 2. The van der Waals surface area contributed by atoms with Crippen LogP contribution >= 0.6 is 0 Å². The van der Waals surface area contributed by atoms with E-state index in [0.717, 1.165) is 6.07 Å². The van der Waals surface area contributed by atoms with Crippen molar-refractivity contribution in [3.8, 4) is 5.75 Å². The maximum absolute atomic E-state index is 12.9. The molecular formula is C14H13FN2O4S. The van der Waals surface area contributed by atoms with Gasteiger partial charge in [0.2, 0.25) is 10.0 Å². The summed E-state index contributed by atoms with van der Waals surface area (Å²) in [5.74, 6) is -0.775. The van der Waals surface area contributed by atoms with E-state index in [1.807, 2.05) is 0 Å². The van der Waals surface area contributed by atoms with Gasteiger partial charge in [0.25, 0.3) is 5.91 Å². The van der Waals surface area contributed by atoms with Crippen LogP contribution in [0.15, 0.2) is 53.4 Å². The largest absolute Gasteiger partial charge is 0.484 e. The lowest BCUT2D eigenvalue weighted by Gasteiger charge is -2.08. The fourth-order valence-corrected chi connectivity index (χ4v) is 2.21. The van der Waals surface area contributed by atoms with Crippen molar-refractivity contribution in [2.75, 3.05) is 11.9 Å². The second kappa shape index (κ2) is 6.54. The Labute approximate surface area is 126 Å². The number of primary sulfonamides is 1. The average molecular weight is 324 g/mol. The van der Waals surface area contributed by atoms with E-state index in [0.29, 0.717) is 0 Å². The Balaban J connectivity index is 1.98. The van der Waals surface area contributed by atoms with E-state index in [2.05, 4.69) is 5.32 Å². The molecule has 0 unspecified atom stereocenters. The molecular weight excluding hydrogens is 311 g/mol. The van der Waals surface area contributed by atoms with E-state index in [-0.39, 0.29) is 22.9 Å². The Hall–Kier alpha value is -2.45. The predicted molar refractivity (Wildman–Crippen MR) is 78.3 cm³/mol. The summed E-state index contributed by atoms with van der Waals surface area (Å²) in [5.41, 5.74) is 0.263. The van der Waals surface area contributed by atoms with E-state index in [1.54, 1.807) is 0 Å². The molecule has 0 heterocycles. The first-order chi connectivity index (χ1) is 10.3. The second-order valence-corrected chi connectivity index (χ2v) is 5.93. The summed E-state index contributed by atoms with van der Waals surface area (Å²) in [4.78, 5) is 11.6. The van der Waals surface area contributed by atoms with Crippen LogP contribution in [0.25, 0.3) is 0 Å². The molecule has 8 heteroatoms. The standard InChI is InChI=1S/C14H13FN2O4S/c15-10-3-1-5-12(7-10)21-9-14(18)17-11-4-2-6-13(8-11)22(16,19)20/h1-8H,9H2,(H,17,18)(H2,16,19,20). The molecule has 2 aromatic carbocycles. The first-order valence-electron chi connectivity index (χ1n) is 6.16. The van der Waals surface area contributed by atoms with Crippen LogP contribution in [-0.2, 0) is 14.8 Å². The molecule has 0 aromatic heterocycles. The summed E-state index contributed by atoms with van der Waals surface area (Å²) in [6.07, 6.45) is 0. The van der Waals surface area contributed by atoms with E-state index in [4.69, 9.17) is 9.88 Å². The van der Waals surface area contributed by atoms with Crippen molar-refractivity contribution in [3.05, 3.63) is 54.3 Å². The summed E-state index contributed by atoms with van der Waals surface area (Å²) in [7, 11) is -3.85. The molecule has 0 aliphatic heterocycles. The van der Waals surface area contributed by atoms with Crippen LogP contribution in [0, 0.1) is 5.82 Å². The number of carbonyl (C=O) groups is 1. The number of anilines is 1. The lowest BCUT2D eigenvalue weighted by Crippen LogP contribution is -2.20. The van der Waals surface area contributed by atoms with Crippen molar-refractivity contribution in [1.29, 1.82) is 0 Å². The zero-order valence-corrected chi connectivity index (χ0v) is 12.1. The molecule has 0 aliphatic rings. The van der Waals surface area contributed by atoms with Gasteiger partial charge in [0, 0.05) is 11.8 Å². The van der Waals surface area contributed by atoms with Crippen LogP contribution in [0.4, 0.5) is 10.1 Å². The van der Waals surface area contributed by atoms with E-state index < -0.39 is 21.7 Å². The van der Waals surface area contributed by atoms with Gasteiger partial charge in [-0.05, 0) is 30.3 Å². The van der Waals surface area contributed by atoms with Crippen LogP contribution < -0.4 is 15.2 Å². The molecule has 116 valence electrons. The quantitative estimate of drug-likeness (QED) is 0.870. The number of carbonyl (C=O) groups excluding carboxylic acids is 1. The number of rotatable bonds is 5. The topological polar surface area (TPSA) is 98.5 Å². The van der Waals surface area contributed by atoms with Crippen molar-refractivity contribution in [2.24, 2.45) is 5.14 Å². The first-order valence-corrected chi connectivity index (χ1v) is 7.70. The second-order valence-electron chi connectivity index (χ2n) is 4.37. The zero-order chi connectivity index (χ0) is 16.2. The van der Waals surface area contributed by atoms with Crippen molar-refractivity contribution in [2.45, 2.75) is 4.90 Å². The normalized spacial score (nSPS) is 11.0. The third kappa shape index (κ3) is 4.54. The summed E-state index contributed by atoms with van der Waals surface area (Å²) in [6.45, 7) is -0.344. The first kappa shape index (κ1) is 15.9. The van der Waals surface area contributed by atoms with Crippen molar-refractivity contribution < 1.29 is 22.3 Å². The third-order valence-corrected chi connectivity index (χ3v) is 3.52. The van der Waals surface area contributed by atoms with Gasteiger partial charge in [-0.3, -0.25) is 4.79 Å². The highest BCUT2D eigenvalue weighted by Crippen LogP contribution is 2.15. The van der Waals surface area contributed by atoms with Gasteiger partial charge in [0.1, 0.15) is 11.6 Å². The van der Waals surface area contributed by atoms with Gasteiger partial charge in [-0.25, -0.2) is 17.9 Å². The fourth-order valence-electron chi connectivity index (χ4n) is 1.65. The number of ether oxygens (including phenoxy) is 1. The van der Waals surface area contributed by atoms with Crippen LogP contribution in [-0.4, -0.2) is 20.9 Å². The summed E-state index contributed by atoms with van der Waals surface area (Å²) < 4.78 is 40.5. The number of nitrogens with one attached hydrogen (secondary N) is 1. The minimum atomic E-state index is -3.85. The van der Waals surface area contributed by atoms with Crippen LogP contribution in [0.1, 0.15) is 0 Å². The molecule has 1 amide bonds. The van der Waals surface area contributed by atoms with Crippen LogP contribution in [0.5, 0.6) is 5.75 Å². The van der Waals surface area contributed by atoms with Crippen molar-refractivity contribution in [1.82, 2.24) is 0 Å². The molecule has 0 fully saturated rings. The molecule has 0 saturated heterocycles. The van der Waals surface area contributed by atoms with Gasteiger partial charge >= 0.3 is 0 Å². The number of amides is 1. The average Bonchev–Trinajstić information content (AvgIpc) is 2.45. The van der Waals surface area contributed by atoms with Crippen LogP contribution in [0.3, 0.4) is 0 Å². The highest BCUT2D eigenvalue weighted by molar-refractivity contribution is 7.89. The lowest BCUT2D eigenvalue weighted by molar-refractivity contribution is -0.118. The molecule has 0 radical (unpaired) electrons. The van der Waals surface area contributed by atoms with Gasteiger partial charge in [0.15, 0.2) is 6.61 Å². The summed E-state index contributed by atoms with van der Waals surface area (Å²) in [5, 5.41) is 7.47. The lowest BCUT2D eigenvalue weighted by atomic mass is 10.3. The maximum Gasteiger partial charge on any atom is 0.262 e. The smallest absolute Gasteiger partial charge is 0.262 e. The number of sulfonamides is 1. The highest BCUT2D eigenvalue weighted by Gasteiger charge is 2.10. The van der Waals surface area contributed by atoms with Crippen molar-refractivity contribution >= 4 is 21.6 Å². The minimum Gasteiger partial charge on any atom is -0.484 e. The Kier molecular flexibility index (Phi) is 4.74. The Morgan fingerprint density at radius 2 is 1.91 bits per heavy atom. The van der Waals surface area contributed by atoms with Crippen LogP contribution in [0.2, 0.25) is 0 Å². The predicted octanol–water partition coefficient (Wildman–Crippen LogP) is 1.49. The monoisotopic (exact) mass is 324 g/mol. The molecule has 22 heavy (non-hydrogen) atoms. The van der Waals surface area contributed by atoms with Gasteiger partial charge in [0.05, 0.1) is 4.90 Å². The van der Waals surface area contributed by atoms with Crippen molar-refractivity contribution in [3.63, 3.8) is 0 Å². The Morgan fingerprint density at radius 3 is 2.59 bits per heavy atom. The van der Waals surface area contributed by atoms with Gasteiger partial charge in [-0.1, -0.05) is 12.1 Å². The van der Waals surface area contributed by atoms with Gasteiger partial charge in [-0.15, -0.1) is 0 Å². The fraction of sp³-hybridized carbons (Fsp3) is 0.0714. The molecule has 3 N–H and O–H groups in total. The molecule has 2 aromatic rings. The Bertz CT molecular complexity index is 793. The molecule has 0 spiro atoms. The van der Waals surface area contributed by atoms with Gasteiger partial charge < -0.3 is 10.1 Å².